The fraction of sp³-hybridized carbons (Fsp3) is 0.438. The van der Waals surface area contributed by atoms with Crippen molar-refractivity contribution in [1.82, 2.24) is 14.7 Å². The molecule has 1 aliphatic rings. The number of rotatable bonds is 3. The van der Waals surface area contributed by atoms with Gasteiger partial charge >= 0.3 is 0 Å². The molecule has 2 heterocycles. The van der Waals surface area contributed by atoms with Gasteiger partial charge in [0.1, 0.15) is 0 Å². The van der Waals surface area contributed by atoms with Crippen molar-refractivity contribution in [3.8, 4) is 0 Å². The highest BCUT2D eigenvalue weighted by Crippen LogP contribution is 2.34. The summed E-state index contributed by atoms with van der Waals surface area (Å²) in [7, 11) is 1.99. The van der Waals surface area contributed by atoms with Gasteiger partial charge in [0.2, 0.25) is 0 Å². The van der Waals surface area contributed by atoms with E-state index in [1.165, 1.54) is 24.1 Å². The lowest BCUT2D eigenvalue weighted by Gasteiger charge is -2.36. The second-order valence-electron chi connectivity index (χ2n) is 5.58. The van der Waals surface area contributed by atoms with Crippen LogP contribution >= 0.6 is 0 Å². The van der Waals surface area contributed by atoms with Crippen LogP contribution in [0.4, 0.5) is 5.69 Å². The Kier molecular flexibility index (Phi) is 3.74. The molecule has 1 fully saturated rings. The molecule has 0 aliphatic carbocycles. The minimum atomic E-state index is 0.386. The van der Waals surface area contributed by atoms with Crippen LogP contribution in [0.1, 0.15) is 36.6 Å². The highest BCUT2D eigenvalue weighted by Gasteiger charge is 2.27. The molecule has 20 heavy (non-hydrogen) atoms. The second-order valence-corrected chi connectivity index (χ2v) is 5.58. The van der Waals surface area contributed by atoms with E-state index in [1.54, 1.807) is 6.20 Å². The highest BCUT2D eigenvalue weighted by molar-refractivity contribution is 5.43. The Labute approximate surface area is 120 Å². The largest absolute Gasteiger partial charge is 0.396 e. The third-order valence-electron chi connectivity index (χ3n) is 4.17. The van der Waals surface area contributed by atoms with E-state index in [1.807, 2.05) is 11.7 Å². The number of nitrogens with zero attached hydrogens (tertiary/aromatic N) is 3. The molecule has 3 rings (SSSR count). The van der Waals surface area contributed by atoms with Crippen molar-refractivity contribution >= 4 is 5.69 Å². The van der Waals surface area contributed by atoms with E-state index >= 15 is 0 Å². The van der Waals surface area contributed by atoms with Crippen molar-refractivity contribution in [1.29, 1.82) is 0 Å². The summed E-state index contributed by atoms with van der Waals surface area (Å²) in [5.74, 6) is 0. The number of hydrogen-bond acceptors (Lipinski definition) is 3. The highest BCUT2D eigenvalue weighted by atomic mass is 15.3. The van der Waals surface area contributed by atoms with Gasteiger partial charge in [-0.25, -0.2) is 0 Å². The molecule has 0 spiro atoms. The van der Waals surface area contributed by atoms with Crippen LogP contribution in [-0.2, 0) is 13.6 Å². The first-order valence-corrected chi connectivity index (χ1v) is 7.31. The molecule has 1 atom stereocenters. The van der Waals surface area contributed by atoms with Gasteiger partial charge in [-0.05, 0) is 24.9 Å². The van der Waals surface area contributed by atoms with Crippen LogP contribution in [0.3, 0.4) is 0 Å². The fourth-order valence-corrected chi connectivity index (χ4v) is 3.18. The molecule has 0 radical (unpaired) electrons. The first kappa shape index (κ1) is 13.2. The van der Waals surface area contributed by atoms with Gasteiger partial charge in [0.25, 0.3) is 0 Å². The minimum Gasteiger partial charge on any atom is -0.396 e. The number of aryl methyl sites for hydroxylation is 1. The molecule has 1 unspecified atom stereocenters. The van der Waals surface area contributed by atoms with E-state index in [0.29, 0.717) is 6.04 Å². The zero-order valence-electron chi connectivity index (χ0n) is 12.0. The van der Waals surface area contributed by atoms with E-state index in [0.717, 1.165) is 25.2 Å². The van der Waals surface area contributed by atoms with Gasteiger partial charge in [-0.1, -0.05) is 36.8 Å². The molecule has 1 aromatic heterocycles. The lowest BCUT2D eigenvalue weighted by molar-refractivity contribution is 0.134. The van der Waals surface area contributed by atoms with Crippen molar-refractivity contribution in [3.63, 3.8) is 0 Å². The van der Waals surface area contributed by atoms with Crippen molar-refractivity contribution in [2.45, 2.75) is 31.8 Å². The number of aromatic nitrogens is 2. The van der Waals surface area contributed by atoms with E-state index in [-0.39, 0.29) is 0 Å². The average molecular weight is 270 g/mol. The third-order valence-corrected chi connectivity index (χ3v) is 4.17. The summed E-state index contributed by atoms with van der Waals surface area (Å²) in [4.78, 5) is 2.53. The standard InChI is InChI=1S/C16H22N4/c1-19-16(14(17)11-18-19)15-9-5-6-10-20(15)12-13-7-3-2-4-8-13/h2-4,7-8,11,15H,5-6,9-10,12,17H2,1H3. The van der Waals surface area contributed by atoms with E-state index < -0.39 is 0 Å². The van der Waals surface area contributed by atoms with Gasteiger partial charge < -0.3 is 5.73 Å². The van der Waals surface area contributed by atoms with Gasteiger partial charge in [0.05, 0.1) is 23.6 Å². The topological polar surface area (TPSA) is 47.1 Å². The Hall–Kier alpha value is -1.81. The maximum atomic E-state index is 6.12. The molecule has 1 aliphatic heterocycles. The molecule has 0 saturated carbocycles. The Morgan fingerprint density at radius 2 is 2.05 bits per heavy atom. The Morgan fingerprint density at radius 1 is 1.25 bits per heavy atom. The molecular weight excluding hydrogens is 248 g/mol. The van der Waals surface area contributed by atoms with Crippen molar-refractivity contribution < 1.29 is 0 Å². The third kappa shape index (κ3) is 2.56. The minimum absolute atomic E-state index is 0.386. The van der Waals surface area contributed by atoms with Crippen LogP contribution in [0.5, 0.6) is 0 Å². The smallest absolute Gasteiger partial charge is 0.0781 e. The average Bonchev–Trinajstić information content (AvgIpc) is 2.80. The number of nitrogen functional groups attached to an aromatic ring is 1. The van der Waals surface area contributed by atoms with Crippen LogP contribution in [0, 0.1) is 0 Å². The summed E-state index contributed by atoms with van der Waals surface area (Å²) in [6.07, 6.45) is 5.46. The van der Waals surface area contributed by atoms with Crippen molar-refractivity contribution in [3.05, 3.63) is 47.8 Å². The Balaban J connectivity index is 1.84. The van der Waals surface area contributed by atoms with Gasteiger partial charge in [-0.2, -0.15) is 5.10 Å². The predicted octanol–water partition coefficient (Wildman–Crippen LogP) is 2.73. The summed E-state index contributed by atoms with van der Waals surface area (Å²) < 4.78 is 1.93. The van der Waals surface area contributed by atoms with Crippen LogP contribution in [0.2, 0.25) is 0 Å². The van der Waals surface area contributed by atoms with E-state index in [2.05, 4.69) is 40.3 Å². The van der Waals surface area contributed by atoms with Crippen LogP contribution in [0.15, 0.2) is 36.5 Å². The number of likely N-dealkylation sites (tertiary alicyclic amines) is 1. The fourth-order valence-electron chi connectivity index (χ4n) is 3.18. The number of piperidine rings is 1. The van der Waals surface area contributed by atoms with Crippen LogP contribution < -0.4 is 5.73 Å². The Bertz CT molecular complexity index is 542. The maximum absolute atomic E-state index is 6.12. The van der Waals surface area contributed by atoms with Gasteiger partial charge in [-0.15, -0.1) is 0 Å². The molecule has 4 heteroatoms. The summed E-state index contributed by atoms with van der Waals surface area (Å²) in [5, 5.41) is 4.30. The molecule has 0 amide bonds. The zero-order chi connectivity index (χ0) is 13.9. The lowest BCUT2D eigenvalue weighted by atomic mass is 9.97. The first-order chi connectivity index (χ1) is 9.75. The second kappa shape index (κ2) is 5.67. The molecule has 106 valence electrons. The summed E-state index contributed by atoms with van der Waals surface area (Å²) in [6.45, 7) is 2.11. The lowest BCUT2D eigenvalue weighted by Crippen LogP contribution is -2.34. The maximum Gasteiger partial charge on any atom is 0.0781 e. The number of hydrogen-bond donors (Lipinski definition) is 1. The number of nitrogens with two attached hydrogens (primary N) is 1. The van der Waals surface area contributed by atoms with Gasteiger partial charge in [-0.3, -0.25) is 9.58 Å². The number of benzene rings is 1. The van der Waals surface area contributed by atoms with Crippen LogP contribution in [-0.4, -0.2) is 21.2 Å². The SMILES string of the molecule is Cn1ncc(N)c1C1CCCCN1Cc1ccccc1. The van der Waals surface area contributed by atoms with Gasteiger partial charge in [0, 0.05) is 13.6 Å². The summed E-state index contributed by atoms with van der Waals surface area (Å²) >= 11 is 0. The summed E-state index contributed by atoms with van der Waals surface area (Å²) in [6, 6.07) is 11.0. The molecule has 1 saturated heterocycles. The Morgan fingerprint density at radius 3 is 2.75 bits per heavy atom. The van der Waals surface area contributed by atoms with E-state index in [9.17, 15) is 0 Å². The molecular formula is C16H22N4. The normalized spacial score (nSPS) is 20.1. The molecule has 2 aromatic rings. The molecule has 2 N–H and O–H groups in total. The van der Waals surface area contributed by atoms with Crippen LogP contribution in [0.25, 0.3) is 0 Å². The quantitative estimate of drug-likeness (QED) is 0.933. The molecule has 4 nitrogen and oxygen atoms in total. The molecule has 1 aromatic carbocycles. The monoisotopic (exact) mass is 270 g/mol. The predicted molar refractivity (Wildman–Crippen MR) is 81.1 cm³/mol. The van der Waals surface area contributed by atoms with Crippen molar-refractivity contribution in [2.75, 3.05) is 12.3 Å². The van der Waals surface area contributed by atoms with Gasteiger partial charge in [0.15, 0.2) is 0 Å². The molecule has 0 bridgehead atoms. The first-order valence-electron chi connectivity index (χ1n) is 7.31. The van der Waals surface area contributed by atoms with Crippen molar-refractivity contribution in [2.24, 2.45) is 7.05 Å². The van der Waals surface area contributed by atoms with E-state index in [4.69, 9.17) is 5.73 Å². The zero-order valence-corrected chi connectivity index (χ0v) is 12.0. The number of anilines is 1. The summed E-state index contributed by atoms with van der Waals surface area (Å²) in [5.41, 5.74) is 9.46.